The van der Waals surface area contributed by atoms with Gasteiger partial charge in [0.2, 0.25) is 0 Å². The average Bonchev–Trinajstić information content (AvgIpc) is 3.09. The van der Waals surface area contributed by atoms with E-state index in [1.165, 1.54) is 0 Å². The molecular formula is C19H20N4O2. The fourth-order valence-electron chi connectivity index (χ4n) is 2.54. The van der Waals surface area contributed by atoms with Crippen molar-refractivity contribution in [2.75, 3.05) is 6.54 Å². The Balaban J connectivity index is 1.58. The third-order valence-corrected chi connectivity index (χ3v) is 3.87. The van der Waals surface area contributed by atoms with E-state index in [0.717, 1.165) is 17.0 Å². The normalized spacial score (nSPS) is 11.9. The number of hydrogen-bond acceptors (Lipinski definition) is 4. The number of aromatic nitrogens is 3. The summed E-state index contributed by atoms with van der Waals surface area (Å²) in [5.74, 6) is 1.10. The summed E-state index contributed by atoms with van der Waals surface area (Å²) in [6.07, 6.45) is -0.140. The predicted molar refractivity (Wildman–Crippen MR) is 94.9 cm³/mol. The van der Waals surface area contributed by atoms with Crippen LogP contribution in [0, 0.1) is 6.92 Å². The van der Waals surface area contributed by atoms with Crippen LogP contribution in [0.3, 0.4) is 0 Å². The van der Waals surface area contributed by atoms with E-state index >= 15 is 0 Å². The minimum atomic E-state index is -0.593. The first-order chi connectivity index (χ1) is 12.1. The quantitative estimate of drug-likeness (QED) is 0.645. The molecule has 0 spiro atoms. The van der Waals surface area contributed by atoms with Gasteiger partial charge < -0.3 is 10.4 Å². The van der Waals surface area contributed by atoms with Crippen LogP contribution in [-0.4, -0.2) is 32.7 Å². The highest BCUT2D eigenvalue weighted by Crippen LogP contribution is 2.17. The van der Waals surface area contributed by atoms with Crippen molar-refractivity contribution in [2.45, 2.75) is 19.4 Å². The van der Waals surface area contributed by atoms with Crippen molar-refractivity contribution < 1.29 is 9.90 Å². The molecule has 2 aromatic carbocycles. The van der Waals surface area contributed by atoms with Gasteiger partial charge in [-0.05, 0) is 31.0 Å². The Morgan fingerprint density at radius 3 is 2.72 bits per heavy atom. The Hall–Kier alpha value is -2.99. The second kappa shape index (κ2) is 7.72. The predicted octanol–water partition coefficient (Wildman–Crippen LogP) is 2.63. The standard InChI is InChI=1S/C19H20N4O2/c1-13-21-18(23-22-13)15-8-5-9-16(12-15)19(25)20-11-10-17(24)14-6-3-2-4-7-14/h2-9,12,17,24H,10-11H2,1H3,(H,20,25)(H,21,22,23). The summed E-state index contributed by atoms with van der Waals surface area (Å²) in [5.41, 5.74) is 2.16. The molecular weight excluding hydrogens is 316 g/mol. The van der Waals surface area contributed by atoms with Crippen LogP contribution in [0.5, 0.6) is 0 Å². The summed E-state index contributed by atoms with van der Waals surface area (Å²) in [7, 11) is 0. The highest BCUT2D eigenvalue weighted by atomic mass is 16.3. The number of aliphatic hydroxyl groups is 1. The van der Waals surface area contributed by atoms with Gasteiger partial charge in [0.1, 0.15) is 5.82 Å². The van der Waals surface area contributed by atoms with Crippen molar-refractivity contribution in [1.29, 1.82) is 0 Å². The minimum Gasteiger partial charge on any atom is -0.388 e. The van der Waals surface area contributed by atoms with Crippen molar-refractivity contribution in [2.24, 2.45) is 0 Å². The van der Waals surface area contributed by atoms with Crippen molar-refractivity contribution in [3.05, 3.63) is 71.5 Å². The number of amides is 1. The largest absolute Gasteiger partial charge is 0.388 e. The average molecular weight is 336 g/mol. The second-order valence-corrected chi connectivity index (χ2v) is 5.80. The summed E-state index contributed by atoms with van der Waals surface area (Å²) in [5, 5.41) is 19.9. The lowest BCUT2D eigenvalue weighted by Gasteiger charge is -2.11. The highest BCUT2D eigenvalue weighted by molar-refractivity contribution is 5.95. The smallest absolute Gasteiger partial charge is 0.251 e. The maximum Gasteiger partial charge on any atom is 0.251 e. The van der Waals surface area contributed by atoms with Crippen molar-refractivity contribution in [3.8, 4) is 11.4 Å². The number of H-pyrrole nitrogens is 1. The fourth-order valence-corrected chi connectivity index (χ4v) is 2.54. The molecule has 1 heterocycles. The molecule has 3 rings (SSSR count). The molecule has 6 nitrogen and oxygen atoms in total. The van der Waals surface area contributed by atoms with Gasteiger partial charge in [0.05, 0.1) is 6.10 Å². The van der Waals surface area contributed by atoms with Crippen LogP contribution in [0.15, 0.2) is 54.6 Å². The van der Waals surface area contributed by atoms with Gasteiger partial charge in [-0.1, -0.05) is 42.5 Å². The Bertz CT molecular complexity index is 845. The lowest BCUT2D eigenvalue weighted by molar-refractivity contribution is 0.0942. The van der Waals surface area contributed by atoms with Gasteiger partial charge in [-0.3, -0.25) is 9.89 Å². The second-order valence-electron chi connectivity index (χ2n) is 5.80. The van der Waals surface area contributed by atoms with E-state index in [-0.39, 0.29) is 5.91 Å². The molecule has 0 saturated carbocycles. The molecule has 0 radical (unpaired) electrons. The third kappa shape index (κ3) is 4.30. The van der Waals surface area contributed by atoms with Crippen LogP contribution >= 0.6 is 0 Å². The highest BCUT2D eigenvalue weighted by Gasteiger charge is 2.11. The lowest BCUT2D eigenvalue weighted by atomic mass is 10.1. The maximum atomic E-state index is 12.3. The summed E-state index contributed by atoms with van der Waals surface area (Å²) in [6, 6.07) is 16.6. The summed E-state index contributed by atoms with van der Waals surface area (Å²) >= 11 is 0. The maximum absolute atomic E-state index is 12.3. The van der Waals surface area contributed by atoms with E-state index in [4.69, 9.17) is 0 Å². The molecule has 0 fully saturated rings. The Labute approximate surface area is 145 Å². The first kappa shape index (κ1) is 16.9. The van der Waals surface area contributed by atoms with E-state index in [1.807, 2.05) is 43.3 Å². The molecule has 0 aliphatic carbocycles. The van der Waals surface area contributed by atoms with Gasteiger partial charge in [-0.2, -0.15) is 5.10 Å². The number of aliphatic hydroxyl groups excluding tert-OH is 1. The molecule has 1 unspecified atom stereocenters. The molecule has 128 valence electrons. The monoisotopic (exact) mass is 336 g/mol. The van der Waals surface area contributed by atoms with E-state index in [2.05, 4.69) is 20.5 Å². The number of nitrogens with zero attached hydrogens (tertiary/aromatic N) is 2. The Kier molecular flexibility index (Phi) is 5.20. The van der Waals surface area contributed by atoms with Crippen LogP contribution in [0.25, 0.3) is 11.4 Å². The first-order valence-corrected chi connectivity index (χ1v) is 8.14. The zero-order valence-corrected chi connectivity index (χ0v) is 13.9. The molecule has 3 aromatic rings. The van der Waals surface area contributed by atoms with Crippen LogP contribution in [0.4, 0.5) is 0 Å². The zero-order valence-electron chi connectivity index (χ0n) is 13.9. The Morgan fingerprint density at radius 1 is 1.20 bits per heavy atom. The van der Waals surface area contributed by atoms with E-state index < -0.39 is 6.10 Å². The SMILES string of the molecule is Cc1nc(-c2cccc(C(=O)NCCC(O)c3ccccc3)c2)n[nH]1. The number of aryl methyl sites for hydroxylation is 1. The topological polar surface area (TPSA) is 90.9 Å². The molecule has 25 heavy (non-hydrogen) atoms. The number of hydrogen-bond donors (Lipinski definition) is 3. The fraction of sp³-hybridized carbons (Fsp3) is 0.211. The number of benzene rings is 2. The minimum absolute atomic E-state index is 0.186. The molecule has 0 saturated heterocycles. The van der Waals surface area contributed by atoms with E-state index in [9.17, 15) is 9.90 Å². The van der Waals surface area contributed by atoms with Crippen molar-refractivity contribution >= 4 is 5.91 Å². The van der Waals surface area contributed by atoms with Gasteiger partial charge in [-0.15, -0.1) is 0 Å². The number of aromatic amines is 1. The van der Waals surface area contributed by atoms with Crippen molar-refractivity contribution in [1.82, 2.24) is 20.5 Å². The Morgan fingerprint density at radius 2 is 2.00 bits per heavy atom. The van der Waals surface area contributed by atoms with Gasteiger partial charge in [0.15, 0.2) is 5.82 Å². The zero-order chi connectivity index (χ0) is 17.6. The summed E-state index contributed by atoms with van der Waals surface area (Å²) in [6.45, 7) is 2.21. The first-order valence-electron chi connectivity index (χ1n) is 8.14. The number of carbonyl (C=O) groups excluding carboxylic acids is 1. The van der Waals surface area contributed by atoms with Crippen LogP contribution in [0.1, 0.15) is 34.3 Å². The van der Waals surface area contributed by atoms with Gasteiger partial charge >= 0.3 is 0 Å². The number of nitrogens with one attached hydrogen (secondary N) is 2. The van der Waals surface area contributed by atoms with Crippen molar-refractivity contribution in [3.63, 3.8) is 0 Å². The molecule has 6 heteroatoms. The summed E-state index contributed by atoms with van der Waals surface area (Å²) in [4.78, 5) is 16.6. The molecule has 1 atom stereocenters. The van der Waals surface area contributed by atoms with Gasteiger partial charge in [0.25, 0.3) is 5.91 Å². The summed E-state index contributed by atoms with van der Waals surface area (Å²) < 4.78 is 0. The van der Waals surface area contributed by atoms with Gasteiger partial charge in [0, 0.05) is 17.7 Å². The molecule has 1 aromatic heterocycles. The lowest BCUT2D eigenvalue weighted by Crippen LogP contribution is -2.25. The van der Waals surface area contributed by atoms with Crippen LogP contribution in [-0.2, 0) is 0 Å². The third-order valence-electron chi connectivity index (χ3n) is 3.87. The van der Waals surface area contributed by atoms with E-state index in [0.29, 0.717) is 24.4 Å². The van der Waals surface area contributed by atoms with Gasteiger partial charge in [-0.25, -0.2) is 4.98 Å². The van der Waals surface area contributed by atoms with Crippen LogP contribution in [0.2, 0.25) is 0 Å². The number of rotatable bonds is 6. The van der Waals surface area contributed by atoms with E-state index in [1.54, 1.807) is 18.2 Å². The molecule has 0 bridgehead atoms. The molecule has 1 amide bonds. The molecule has 3 N–H and O–H groups in total. The number of carbonyl (C=O) groups is 1. The molecule has 0 aliphatic rings. The van der Waals surface area contributed by atoms with Crippen LogP contribution < -0.4 is 5.32 Å². The molecule has 0 aliphatic heterocycles.